The molecule has 0 bridgehead atoms. The van der Waals surface area contributed by atoms with E-state index in [0.29, 0.717) is 11.5 Å². The van der Waals surface area contributed by atoms with Crippen molar-refractivity contribution >= 4 is 23.2 Å². The van der Waals surface area contributed by atoms with E-state index in [1.54, 1.807) is 30.3 Å². The highest BCUT2D eigenvalue weighted by molar-refractivity contribution is 6.31. The van der Waals surface area contributed by atoms with Crippen LogP contribution in [0.5, 0.6) is 17.2 Å². The topological polar surface area (TPSA) is 47.6 Å². The van der Waals surface area contributed by atoms with Crippen molar-refractivity contribution in [1.29, 1.82) is 0 Å². The minimum absolute atomic E-state index is 0.135. The number of carbonyl (C=O) groups is 1. The van der Waals surface area contributed by atoms with Crippen molar-refractivity contribution < 1.29 is 27.4 Å². The van der Waals surface area contributed by atoms with Gasteiger partial charge < -0.3 is 14.8 Å². The summed E-state index contributed by atoms with van der Waals surface area (Å²) in [5.74, 6) is 0.363. The molecule has 29 heavy (non-hydrogen) atoms. The second kappa shape index (κ2) is 8.45. The first kappa shape index (κ1) is 20.5. The molecule has 0 aliphatic carbocycles. The maximum absolute atomic E-state index is 13.2. The summed E-state index contributed by atoms with van der Waals surface area (Å²) in [5.41, 5.74) is -1.40. The fraction of sp³-hybridized carbons (Fsp3) is 0.0952. The first-order valence-electron chi connectivity index (χ1n) is 8.37. The van der Waals surface area contributed by atoms with Crippen molar-refractivity contribution in [1.82, 2.24) is 0 Å². The molecule has 3 aromatic carbocycles. The summed E-state index contributed by atoms with van der Waals surface area (Å²) in [5, 5.41) is 2.73. The van der Waals surface area contributed by atoms with Crippen molar-refractivity contribution in [3.8, 4) is 17.2 Å². The largest absolute Gasteiger partial charge is 0.497 e. The van der Waals surface area contributed by atoms with Gasteiger partial charge in [-0.25, -0.2) is 0 Å². The van der Waals surface area contributed by atoms with E-state index in [9.17, 15) is 18.0 Å². The summed E-state index contributed by atoms with van der Waals surface area (Å²) < 4.78 is 50.4. The van der Waals surface area contributed by atoms with Crippen LogP contribution < -0.4 is 14.8 Å². The van der Waals surface area contributed by atoms with Gasteiger partial charge >= 0.3 is 6.18 Å². The minimum atomic E-state index is -4.66. The minimum Gasteiger partial charge on any atom is -0.497 e. The lowest BCUT2D eigenvalue weighted by atomic mass is 10.1. The van der Waals surface area contributed by atoms with Gasteiger partial charge in [0, 0.05) is 5.02 Å². The van der Waals surface area contributed by atoms with Gasteiger partial charge in [0.25, 0.3) is 5.91 Å². The molecule has 0 radical (unpaired) electrons. The predicted molar refractivity (Wildman–Crippen MR) is 104 cm³/mol. The summed E-state index contributed by atoms with van der Waals surface area (Å²) >= 11 is 5.99. The van der Waals surface area contributed by atoms with E-state index in [0.717, 1.165) is 12.1 Å². The fourth-order valence-corrected chi connectivity index (χ4v) is 2.75. The van der Waals surface area contributed by atoms with Crippen molar-refractivity contribution in [2.75, 3.05) is 12.4 Å². The Morgan fingerprint density at radius 3 is 2.28 bits per heavy atom. The Hall–Kier alpha value is -3.19. The quantitative estimate of drug-likeness (QED) is 0.517. The monoisotopic (exact) mass is 421 g/mol. The average Bonchev–Trinajstić information content (AvgIpc) is 2.70. The molecule has 0 fully saturated rings. The molecule has 0 aliphatic heterocycles. The number of hydrogen-bond donors (Lipinski definition) is 1. The molecule has 0 aromatic heterocycles. The van der Waals surface area contributed by atoms with Crippen LogP contribution in [-0.2, 0) is 6.18 Å². The van der Waals surface area contributed by atoms with Crippen LogP contribution in [0.4, 0.5) is 18.9 Å². The molecular weight excluding hydrogens is 407 g/mol. The lowest BCUT2D eigenvalue weighted by Crippen LogP contribution is -2.18. The van der Waals surface area contributed by atoms with Gasteiger partial charge in [-0.2, -0.15) is 13.2 Å². The van der Waals surface area contributed by atoms with E-state index in [1.165, 1.54) is 31.4 Å². The van der Waals surface area contributed by atoms with Crippen LogP contribution in [0.1, 0.15) is 15.9 Å². The molecule has 8 heteroatoms. The van der Waals surface area contributed by atoms with E-state index in [1.807, 2.05) is 0 Å². The molecule has 0 unspecified atom stereocenters. The first-order valence-corrected chi connectivity index (χ1v) is 8.75. The number of alkyl halides is 3. The van der Waals surface area contributed by atoms with Crippen LogP contribution in [0, 0.1) is 0 Å². The number of ether oxygens (including phenoxy) is 2. The summed E-state index contributed by atoms with van der Waals surface area (Å²) in [6.07, 6.45) is -4.66. The molecule has 1 amide bonds. The van der Waals surface area contributed by atoms with E-state index >= 15 is 0 Å². The van der Waals surface area contributed by atoms with E-state index in [-0.39, 0.29) is 16.5 Å². The highest BCUT2D eigenvalue weighted by atomic mass is 35.5. The van der Waals surface area contributed by atoms with E-state index < -0.39 is 23.2 Å². The molecule has 0 spiro atoms. The van der Waals surface area contributed by atoms with Gasteiger partial charge in [0.2, 0.25) is 0 Å². The smallest absolute Gasteiger partial charge is 0.417 e. The number of methoxy groups -OCH3 is 1. The third-order valence-corrected chi connectivity index (χ3v) is 4.19. The van der Waals surface area contributed by atoms with Crippen molar-refractivity contribution in [2.45, 2.75) is 6.18 Å². The number of halogens is 4. The zero-order valence-corrected chi connectivity index (χ0v) is 15.8. The van der Waals surface area contributed by atoms with Crippen LogP contribution in [-0.4, -0.2) is 13.0 Å². The molecule has 0 aliphatic rings. The maximum Gasteiger partial charge on any atom is 0.417 e. The zero-order valence-electron chi connectivity index (χ0n) is 15.1. The average molecular weight is 422 g/mol. The Morgan fingerprint density at radius 1 is 0.966 bits per heavy atom. The van der Waals surface area contributed by atoms with Gasteiger partial charge in [-0.1, -0.05) is 23.7 Å². The van der Waals surface area contributed by atoms with Crippen LogP contribution in [0.3, 0.4) is 0 Å². The molecule has 0 saturated carbocycles. The number of anilines is 1. The Kier molecular flexibility index (Phi) is 5.98. The van der Waals surface area contributed by atoms with E-state index in [2.05, 4.69) is 5.32 Å². The van der Waals surface area contributed by atoms with Crippen molar-refractivity contribution in [2.24, 2.45) is 0 Å². The second-order valence-corrected chi connectivity index (χ2v) is 6.35. The number of rotatable bonds is 5. The van der Waals surface area contributed by atoms with Crippen molar-refractivity contribution in [3.63, 3.8) is 0 Å². The number of nitrogens with one attached hydrogen (secondary N) is 1. The van der Waals surface area contributed by atoms with Crippen molar-refractivity contribution in [3.05, 3.63) is 82.9 Å². The van der Waals surface area contributed by atoms with Gasteiger partial charge in [-0.05, 0) is 54.6 Å². The Balaban J connectivity index is 1.89. The second-order valence-electron chi connectivity index (χ2n) is 5.92. The van der Waals surface area contributed by atoms with Gasteiger partial charge in [0.1, 0.15) is 11.5 Å². The Bertz CT molecular complexity index is 1020. The third-order valence-electron chi connectivity index (χ3n) is 3.95. The Labute approximate surface area is 169 Å². The summed E-state index contributed by atoms with van der Waals surface area (Å²) in [4.78, 5) is 12.6. The number of carbonyl (C=O) groups excluding carboxylic acids is 1. The standard InChI is InChI=1S/C21H15ClF3NO3/c1-28-14-7-9-15(10-8-14)29-19-11-6-13(22)12-18(19)26-20(27)16-4-2-3-5-17(16)21(23,24)25/h2-12H,1H3,(H,26,27). The van der Waals surface area contributed by atoms with Gasteiger partial charge in [-0.3, -0.25) is 4.79 Å². The summed E-state index contributed by atoms with van der Waals surface area (Å²) in [7, 11) is 1.53. The molecular formula is C21H15ClF3NO3. The lowest BCUT2D eigenvalue weighted by molar-refractivity contribution is -0.137. The molecule has 1 N–H and O–H groups in total. The lowest BCUT2D eigenvalue weighted by Gasteiger charge is -2.15. The Morgan fingerprint density at radius 2 is 1.62 bits per heavy atom. The van der Waals surface area contributed by atoms with Gasteiger partial charge in [0.05, 0.1) is 23.9 Å². The zero-order chi connectivity index (χ0) is 21.0. The number of hydrogen-bond acceptors (Lipinski definition) is 3. The highest BCUT2D eigenvalue weighted by Crippen LogP contribution is 2.35. The summed E-state index contributed by atoms with van der Waals surface area (Å²) in [6.45, 7) is 0. The van der Waals surface area contributed by atoms with Crippen LogP contribution in [0.25, 0.3) is 0 Å². The fourth-order valence-electron chi connectivity index (χ4n) is 2.58. The highest BCUT2D eigenvalue weighted by Gasteiger charge is 2.35. The number of amides is 1. The number of benzene rings is 3. The summed E-state index contributed by atoms with van der Waals surface area (Å²) in [6, 6.07) is 15.6. The molecule has 4 nitrogen and oxygen atoms in total. The first-order chi connectivity index (χ1) is 13.8. The van der Waals surface area contributed by atoms with Gasteiger partial charge in [-0.15, -0.1) is 0 Å². The predicted octanol–water partition coefficient (Wildman–Crippen LogP) is 6.41. The van der Waals surface area contributed by atoms with Crippen LogP contribution in [0.2, 0.25) is 5.02 Å². The molecule has 0 saturated heterocycles. The van der Waals surface area contributed by atoms with Gasteiger partial charge in [0.15, 0.2) is 5.75 Å². The molecule has 0 heterocycles. The molecule has 3 rings (SSSR count). The molecule has 3 aromatic rings. The third kappa shape index (κ3) is 5.00. The normalized spacial score (nSPS) is 11.1. The van der Waals surface area contributed by atoms with Crippen LogP contribution in [0.15, 0.2) is 66.7 Å². The maximum atomic E-state index is 13.2. The van der Waals surface area contributed by atoms with E-state index in [4.69, 9.17) is 21.1 Å². The SMILES string of the molecule is COc1ccc(Oc2ccc(Cl)cc2NC(=O)c2ccccc2C(F)(F)F)cc1. The molecule has 150 valence electrons. The van der Waals surface area contributed by atoms with Crippen LogP contribution >= 0.6 is 11.6 Å². The molecule has 0 atom stereocenters.